The van der Waals surface area contributed by atoms with Crippen LogP contribution >= 0.6 is 0 Å². The van der Waals surface area contributed by atoms with Gasteiger partial charge in [0.25, 0.3) is 10.2 Å². The van der Waals surface area contributed by atoms with Crippen LogP contribution in [0.2, 0.25) is 0 Å². The average Bonchev–Trinajstić information content (AvgIpc) is 3.02. The molecule has 2 aliphatic rings. The Morgan fingerprint density at radius 1 is 1.24 bits per heavy atom. The van der Waals surface area contributed by atoms with Crippen LogP contribution in [0.4, 0.5) is 0 Å². The highest BCUT2D eigenvalue weighted by atomic mass is 32.2. The number of nitrogens with zero attached hydrogens (tertiary/aromatic N) is 2. The van der Waals surface area contributed by atoms with Crippen molar-refractivity contribution in [3.63, 3.8) is 0 Å². The van der Waals surface area contributed by atoms with Crippen LogP contribution in [0.1, 0.15) is 43.7 Å². The molecule has 1 aromatic heterocycles. The molecule has 25 heavy (non-hydrogen) atoms. The van der Waals surface area contributed by atoms with Gasteiger partial charge in [-0.25, -0.2) is 4.72 Å². The van der Waals surface area contributed by atoms with E-state index in [0.717, 1.165) is 43.9 Å². The van der Waals surface area contributed by atoms with Crippen LogP contribution in [0.15, 0.2) is 16.5 Å². The summed E-state index contributed by atoms with van der Waals surface area (Å²) in [7, 11) is -3.48. The smallest absolute Gasteiger partial charge is 0.279 e. The molecule has 0 radical (unpaired) electrons. The maximum Gasteiger partial charge on any atom is 0.279 e. The van der Waals surface area contributed by atoms with Crippen molar-refractivity contribution in [2.45, 2.75) is 45.2 Å². The molecule has 3 heterocycles. The molecule has 2 atom stereocenters. The molecule has 0 aliphatic carbocycles. The summed E-state index contributed by atoms with van der Waals surface area (Å²) in [4.78, 5) is 2.23. The van der Waals surface area contributed by atoms with Crippen LogP contribution in [-0.4, -0.2) is 63.1 Å². The molecular formula is C17H29N3O4S. The Bertz CT molecular complexity index is 655. The minimum atomic E-state index is -3.48. The molecule has 2 saturated heterocycles. The molecule has 1 N–H and O–H groups in total. The van der Waals surface area contributed by atoms with Gasteiger partial charge in [0.1, 0.15) is 11.5 Å². The van der Waals surface area contributed by atoms with Crippen molar-refractivity contribution < 1.29 is 17.6 Å². The van der Waals surface area contributed by atoms with Gasteiger partial charge in [0.05, 0.1) is 19.3 Å². The number of rotatable bonds is 6. The zero-order valence-electron chi connectivity index (χ0n) is 15.1. The maximum atomic E-state index is 12.8. The summed E-state index contributed by atoms with van der Waals surface area (Å²) < 4.78 is 41.2. The van der Waals surface area contributed by atoms with E-state index in [9.17, 15) is 8.42 Å². The summed E-state index contributed by atoms with van der Waals surface area (Å²) in [5.41, 5.74) is 0. The van der Waals surface area contributed by atoms with E-state index in [1.54, 1.807) is 4.31 Å². The number of piperidine rings is 1. The third-order valence-electron chi connectivity index (χ3n) is 5.09. The molecule has 0 aromatic carbocycles. The Morgan fingerprint density at radius 3 is 2.64 bits per heavy atom. The highest BCUT2D eigenvalue weighted by Crippen LogP contribution is 2.25. The predicted octanol–water partition coefficient (Wildman–Crippen LogP) is 1.67. The van der Waals surface area contributed by atoms with E-state index in [1.165, 1.54) is 0 Å². The van der Waals surface area contributed by atoms with Gasteiger partial charge >= 0.3 is 0 Å². The van der Waals surface area contributed by atoms with E-state index in [2.05, 4.69) is 9.62 Å². The lowest BCUT2D eigenvalue weighted by Gasteiger charge is -2.35. The quantitative estimate of drug-likeness (QED) is 0.823. The van der Waals surface area contributed by atoms with Gasteiger partial charge in [-0.3, -0.25) is 4.90 Å². The van der Waals surface area contributed by atoms with Crippen molar-refractivity contribution in [1.82, 2.24) is 13.9 Å². The van der Waals surface area contributed by atoms with Crippen molar-refractivity contribution in [2.75, 3.05) is 39.4 Å². The van der Waals surface area contributed by atoms with Crippen LogP contribution < -0.4 is 4.72 Å². The van der Waals surface area contributed by atoms with Crippen LogP contribution in [0.25, 0.3) is 0 Å². The van der Waals surface area contributed by atoms with Crippen LogP contribution in [0.3, 0.4) is 0 Å². The number of furan rings is 1. The number of ether oxygens (including phenoxy) is 1. The van der Waals surface area contributed by atoms with Crippen LogP contribution in [-0.2, 0) is 14.9 Å². The van der Waals surface area contributed by atoms with Crippen molar-refractivity contribution in [3.8, 4) is 0 Å². The first kappa shape index (κ1) is 18.8. The Labute approximate surface area is 150 Å². The Kier molecular flexibility index (Phi) is 6.17. The van der Waals surface area contributed by atoms with Crippen LogP contribution in [0.5, 0.6) is 0 Å². The van der Waals surface area contributed by atoms with E-state index in [0.29, 0.717) is 26.3 Å². The van der Waals surface area contributed by atoms with E-state index >= 15 is 0 Å². The van der Waals surface area contributed by atoms with Gasteiger partial charge in [0.15, 0.2) is 0 Å². The number of morpholine rings is 1. The fraction of sp³-hybridized carbons (Fsp3) is 0.765. The second-order valence-electron chi connectivity index (χ2n) is 6.92. The standard InChI is InChI=1S/C17H29N3O4S/c1-14-5-3-4-8-20(14)25(21,22)18-13-16(17-7-6-15(2)24-17)19-9-11-23-12-10-19/h6-7,14,16,18H,3-5,8-13H2,1-2H3. The third-order valence-corrected chi connectivity index (χ3v) is 6.78. The second-order valence-corrected chi connectivity index (χ2v) is 8.63. The largest absolute Gasteiger partial charge is 0.465 e. The highest BCUT2D eigenvalue weighted by molar-refractivity contribution is 7.87. The Hall–Kier alpha value is -0.930. The summed E-state index contributed by atoms with van der Waals surface area (Å²) in [6, 6.07) is 3.79. The number of nitrogens with one attached hydrogen (secondary N) is 1. The molecule has 142 valence electrons. The topological polar surface area (TPSA) is 75.0 Å². The molecule has 0 amide bonds. The normalized spacial score (nSPS) is 25.1. The molecule has 8 heteroatoms. The number of aryl methyl sites for hydroxylation is 1. The van der Waals surface area contributed by atoms with Gasteiger partial charge in [0, 0.05) is 32.2 Å². The first-order valence-electron chi connectivity index (χ1n) is 9.12. The van der Waals surface area contributed by atoms with Crippen molar-refractivity contribution in [2.24, 2.45) is 0 Å². The third kappa shape index (κ3) is 4.62. The Balaban J connectivity index is 1.71. The van der Waals surface area contributed by atoms with Crippen molar-refractivity contribution in [1.29, 1.82) is 0 Å². The van der Waals surface area contributed by atoms with Gasteiger partial charge in [-0.2, -0.15) is 12.7 Å². The molecule has 2 unspecified atom stereocenters. The highest BCUT2D eigenvalue weighted by Gasteiger charge is 2.32. The summed E-state index contributed by atoms with van der Waals surface area (Å²) in [5, 5.41) is 0. The summed E-state index contributed by atoms with van der Waals surface area (Å²) in [6.07, 6.45) is 2.94. The lowest BCUT2D eigenvalue weighted by molar-refractivity contribution is 0.0126. The lowest BCUT2D eigenvalue weighted by atomic mass is 10.1. The summed E-state index contributed by atoms with van der Waals surface area (Å²) in [6.45, 7) is 7.64. The molecule has 0 bridgehead atoms. The summed E-state index contributed by atoms with van der Waals surface area (Å²) in [5.74, 6) is 1.63. The fourth-order valence-electron chi connectivity index (χ4n) is 3.63. The van der Waals surface area contributed by atoms with Crippen molar-refractivity contribution >= 4 is 10.2 Å². The first-order valence-corrected chi connectivity index (χ1v) is 10.6. The average molecular weight is 372 g/mol. The predicted molar refractivity (Wildman–Crippen MR) is 95.5 cm³/mol. The van der Waals surface area contributed by atoms with E-state index in [-0.39, 0.29) is 12.1 Å². The van der Waals surface area contributed by atoms with Gasteiger partial charge in [-0.15, -0.1) is 0 Å². The van der Waals surface area contributed by atoms with Gasteiger partial charge in [-0.1, -0.05) is 6.42 Å². The zero-order chi connectivity index (χ0) is 17.9. The molecule has 2 fully saturated rings. The van der Waals surface area contributed by atoms with E-state index in [1.807, 2.05) is 26.0 Å². The molecule has 0 saturated carbocycles. The number of hydrogen-bond acceptors (Lipinski definition) is 5. The second kappa shape index (κ2) is 8.18. The molecule has 3 rings (SSSR count). The van der Waals surface area contributed by atoms with Crippen molar-refractivity contribution in [3.05, 3.63) is 23.7 Å². The lowest BCUT2D eigenvalue weighted by Crippen LogP contribution is -2.50. The SMILES string of the molecule is Cc1ccc(C(CNS(=O)(=O)N2CCCCC2C)N2CCOCC2)o1. The fourth-order valence-corrected chi connectivity index (χ4v) is 5.11. The van der Waals surface area contributed by atoms with Gasteiger partial charge in [-0.05, 0) is 38.8 Å². The molecule has 1 aromatic rings. The summed E-state index contributed by atoms with van der Waals surface area (Å²) >= 11 is 0. The van der Waals surface area contributed by atoms with Gasteiger partial charge < -0.3 is 9.15 Å². The molecule has 2 aliphatic heterocycles. The van der Waals surface area contributed by atoms with E-state index < -0.39 is 10.2 Å². The van der Waals surface area contributed by atoms with Crippen LogP contribution in [0, 0.1) is 6.92 Å². The molecular weight excluding hydrogens is 342 g/mol. The molecule has 7 nitrogen and oxygen atoms in total. The Morgan fingerprint density at radius 2 is 2.00 bits per heavy atom. The van der Waals surface area contributed by atoms with Gasteiger partial charge in [0.2, 0.25) is 0 Å². The minimum Gasteiger partial charge on any atom is -0.465 e. The first-order chi connectivity index (χ1) is 12.0. The van der Waals surface area contributed by atoms with E-state index in [4.69, 9.17) is 9.15 Å². The maximum absolute atomic E-state index is 12.8. The monoisotopic (exact) mass is 371 g/mol. The zero-order valence-corrected chi connectivity index (χ0v) is 15.9. The minimum absolute atomic E-state index is 0.0546. The number of hydrogen-bond donors (Lipinski definition) is 1. The molecule has 0 spiro atoms.